The molecule has 6 heteroatoms. The number of aromatic nitrogens is 2. The maximum atomic E-state index is 6.06. The summed E-state index contributed by atoms with van der Waals surface area (Å²) < 4.78 is 6.06. The van der Waals surface area contributed by atoms with E-state index < -0.39 is 0 Å². The minimum atomic E-state index is 0.275. The number of fused-ring (bicyclic) bond motifs is 1. The van der Waals surface area contributed by atoms with Crippen molar-refractivity contribution in [1.82, 2.24) is 14.9 Å². The van der Waals surface area contributed by atoms with Gasteiger partial charge < -0.3 is 10.1 Å². The summed E-state index contributed by atoms with van der Waals surface area (Å²) >= 11 is 1.85. The number of likely N-dealkylation sites (tertiary alicyclic amines) is 1. The van der Waals surface area contributed by atoms with Crippen LogP contribution in [0.5, 0.6) is 0 Å². The van der Waals surface area contributed by atoms with Crippen molar-refractivity contribution in [2.75, 3.05) is 31.6 Å². The molecule has 0 spiro atoms. The van der Waals surface area contributed by atoms with E-state index in [1.54, 1.807) is 12.4 Å². The molecular weight excluding hydrogens is 320 g/mol. The minimum Gasteiger partial charge on any atom is -0.378 e. The van der Waals surface area contributed by atoms with E-state index in [0.717, 1.165) is 58.0 Å². The summed E-state index contributed by atoms with van der Waals surface area (Å²) in [4.78, 5) is 12.6. The van der Waals surface area contributed by atoms with Crippen LogP contribution in [0.1, 0.15) is 24.1 Å². The Kier molecular flexibility index (Phi) is 4.78. The summed E-state index contributed by atoms with van der Waals surface area (Å²) in [6.07, 6.45) is 7.38. The van der Waals surface area contributed by atoms with Gasteiger partial charge >= 0.3 is 0 Å². The van der Waals surface area contributed by atoms with Gasteiger partial charge in [-0.1, -0.05) is 6.07 Å². The predicted octanol–water partition coefficient (Wildman–Crippen LogP) is 3.02. The van der Waals surface area contributed by atoms with Crippen molar-refractivity contribution in [3.63, 3.8) is 0 Å². The third-order valence-electron chi connectivity index (χ3n) is 5.28. The summed E-state index contributed by atoms with van der Waals surface area (Å²) in [6, 6.07) is 6.22. The van der Waals surface area contributed by atoms with Crippen LogP contribution in [0.3, 0.4) is 0 Å². The van der Waals surface area contributed by atoms with Crippen molar-refractivity contribution < 1.29 is 4.74 Å². The molecular formula is C18H24N4OS. The van der Waals surface area contributed by atoms with E-state index >= 15 is 0 Å². The van der Waals surface area contributed by atoms with Gasteiger partial charge in [-0.2, -0.15) is 0 Å². The van der Waals surface area contributed by atoms with Gasteiger partial charge in [-0.3, -0.25) is 4.90 Å². The lowest BCUT2D eigenvalue weighted by molar-refractivity contribution is -0.0225. The molecule has 0 unspecified atom stereocenters. The molecule has 4 rings (SSSR count). The average molecular weight is 344 g/mol. The number of nitrogens with zero attached hydrogens (tertiary/aromatic N) is 3. The molecule has 2 atom stereocenters. The zero-order valence-corrected chi connectivity index (χ0v) is 14.7. The van der Waals surface area contributed by atoms with E-state index in [-0.39, 0.29) is 5.41 Å². The van der Waals surface area contributed by atoms with Crippen LogP contribution < -0.4 is 5.32 Å². The fraction of sp³-hybridized carbons (Fsp3) is 0.556. The van der Waals surface area contributed by atoms with Crippen molar-refractivity contribution in [1.29, 1.82) is 0 Å². The average Bonchev–Trinajstić information content (AvgIpc) is 3.25. The summed E-state index contributed by atoms with van der Waals surface area (Å²) in [5, 5.41) is 5.53. The monoisotopic (exact) mass is 344 g/mol. The molecule has 2 aromatic rings. The molecule has 2 aliphatic rings. The molecule has 2 aromatic heterocycles. The van der Waals surface area contributed by atoms with E-state index in [1.165, 1.54) is 4.88 Å². The van der Waals surface area contributed by atoms with E-state index in [2.05, 4.69) is 37.7 Å². The molecule has 0 saturated carbocycles. The van der Waals surface area contributed by atoms with E-state index in [4.69, 9.17) is 4.74 Å². The lowest BCUT2D eigenvalue weighted by Gasteiger charge is -2.43. The Hall–Kier alpha value is -1.50. The maximum Gasteiger partial charge on any atom is 0.222 e. The largest absolute Gasteiger partial charge is 0.378 e. The second-order valence-electron chi connectivity index (χ2n) is 6.80. The SMILES string of the molecule is c1cnc(NCC[C@]23CCO[C@H]2CCN(Cc2cccs2)C3)nc1. The van der Waals surface area contributed by atoms with Gasteiger partial charge in [0.05, 0.1) is 6.10 Å². The number of nitrogens with one attached hydrogen (secondary N) is 1. The molecule has 0 amide bonds. The van der Waals surface area contributed by atoms with Crippen molar-refractivity contribution in [3.05, 3.63) is 40.8 Å². The highest BCUT2D eigenvalue weighted by atomic mass is 32.1. The fourth-order valence-corrected chi connectivity index (χ4v) is 4.82. The molecule has 24 heavy (non-hydrogen) atoms. The molecule has 0 bridgehead atoms. The molecule has 2 saturated heterocycles. The highest BCUT2D eigenvalue weighted by Gasteiger charge is 2.47. The highest BCUT2D eigenvalue weighted by Crippen LogP contribution is 2.43. The first-order chi connectivity index (χ1) is 11.8. The van der Waals surface area contributed by atoms with Crippen LogP contribution in [0.2, 0.25) is 0 Å². The quantitative estimate of drug-likeness (QED) is 0.873. The zero-order chi connectivity index (χ0) is 16.2. The molecule has 4 heterocycles. The van der Waals surface area contributed by atoms with Gasteiger partial charge in [0, 0.05) is 55.5 Å². The highest BCUT2D eigenvalue weighted by molar-refractivity contribution is 7.09. The van der Waals surface area contributed by atoms with Crippen LogP contribution in [0.4, 0.5) is 5.95 Å². The molecule has 128 valence electrons. The molecule has 0 radical (unpaired) electrons. The Morgan fingerprint density at radius 1 is 1.33 bits per heavy atom. The molecule has 0 aromatic carbocycles. The Labute approximate surface area is 147 Å². The number of piperidine rings is 1. The number of anilines is 1. The van der Waals surface area contributed by atoms with Gasteiger partial charge in [-0.05, 0) is 36.8 Å². The number of rotatable bonds is 6. The molecule has 0 aliphatic carbocycles. The van der Waals surface area contributed by atoms with Crippen molar-refractivity contribution in [3.8, 4) is 0 Å². The van der Waals surface area contributed by atoms with Crippen LogP contribution in [0, 0.1) is 5.41 Å². The third kappa shape index (κ3) is 3.45. The van der Waals surface area contributed by atoms with Gasteiger partial charge in [0.2, 0.25) is 5.95 Å². The second kappa shape index (κ2) is 7.17. The number of thiophene rings is 1. The summed E-state index contributed by atoms with van der Waals surface area (Å²) in [5.74, 6) is 0.718. The standard InChI is InChI=1S/C18H24N4OS/c1-3-15(24-12-1)13-22-10-4-16-18(14-22,6-11-23-16)5-9-21-17-19-7-2-8-20-17/h1-3,7-8,12,16H,4-6,9-11,13-14H2,(H,19,20,21)/t16-,18+/m0/s1. The van der Waals surface area contributed by atoms with Crippen molar-refractivity contribution >= 4 is 17.3 Å². The smallest absolute Gasteiger partial charge is 0.222 e. The van der Waals surface area contributed by atoms with Gasteiger partial charge in [0.25, 0.3) is 0 Å². The Morgan fingerprint density at radius 2 is 2.25 bits per heavy atom. The summed E-state index contributed by atoms with van der Waals surface area (Å²) in [5.41, 5.74) is 0.275. The molecule has 1 N–H and O–H groups in total. The first-order valence-electron chi connectivity index (χ1n) is 8.71. The second-order valence-corrected chi connectivity index (χ2v) is 7.83. The van der Waals surface area contributed by atoms with Crippen molar-refractivity contribution in [2.45, 2.75) is 31.9 Å². The van der Waals surface area contributed by atoms with Gasteiger partial charge in [-0.15, -0.1) is 11.3 Å². The van der Waals surface area contributed by atoms with Crippen molar-refractivity contribution in [2.24, 2.45) is 5.41 Å². The van der Waals surface area contributed by atoms with Crippen LogP contribution in [0.25, 0.3) is 0 Å². The minimum absolute atomic E-state index is 0.275. The lowest BCUT2D eigenvalue weighted by Crippen LogP contribution is -2.49. The van der Waals surface area contributed by atoms with Crippen LogP contribution in [-0.4, -0.2) is 47.2 Å². The van der Waals surface area contributed by atoms with Gasteiger partial charge in [-0.25, -0.2) is 9.97 Å². The predicted molar refractivity (Wildman–Crippen MR) is 96.1 cm³/mol. The molecule has 2 aliphatic heterocycles. The summed E-state index contributed by atoms with van der Waals surface area (Å²) in [7, 11) is 0. The molecule has 2 fully saturated rings. The van der Waals surface area contributed by atoms with E-state index in [0.29, 0.717) is 6.10 Å². The number of hydrogen-bond acceptors (Lipinski definition) is 6. The Bertz CT molecular complexity index is 636. The van der Waals surface area contributed by atoms with Crippen LogP contribution in [-0.2, 0) is 11.3 Å². The van der Waals surface area contributed by atoms with Gasteiger partial charge in [0.15, 0.2) is 0 Å². The topological polar surface area (TPSA) is 50.3 Å². The lowest BCUT2D eigenvalue weighted by atomic mass is 9.74. The maximum absolute atomic E-state index is 6.06. The number of ether oxygens (including phenoxy) is 1. The summed E-state index contributed by atoms with van der Waals surface area (Å²) in [6.45, 7) is 5.14. The number of hydrogen-bond donors (Lipinski definition) is 1. The first-order valence-corrected chi connectivity index (χ1v) is 9.59. The van der Waals surface area contributed by atoms with Crippen LogP contribution in [0.15, 0.2) is 36.0 Å². The van der Waals surface area contributed by atoms with E-state index in [1.807, 2.05) is 17.4 Å². The van der Waals surface area contributed by atoms with E-state index in [9.17, 15) is 0 Å². The first kappa shape index (κ1) is 16.0. The Balaban J connectivity index is 1.38. The third-order valence-corrected chi connectivity index (χ3v) is 6.14. The normalized spacial score (nSPS) is 27.1. The van der Waals surface area contributed by atoms with Gasteiger partial charge in [0.1, 0.15) is 0 Å². The fourth-order valence-electron chi connectivity index (χ4n) is 4.07. The van der Waals surface area contributed by atoms with Crippen LogP contribution >= 0.6 is 11.3 Å². The Morgan fingerprint density at radius 3 is 3.08 bits per heavy atom. The molecule has 5 nitrogen and oxygen atoms in total. The zero-order valence-electron chi connectivity index (χ0n) is 13.9.